The number of unbranched alkanes of at least 4 members (excludes halogenated alkanes) is 1. The Morgan fingerprint density at radius 2 is 2.40 bits per heavy atom. The number of ether oxygens (including phenoxy) is 1. The van der Waals surface area contributed by atoms with Crippen molar-refractivity contribution >= 4 is 5.97 Å². The normalized spacial score (nSPS) is 12.1. The monoisotopic (exact) mass is 207 g/mol. The van der Waals surface area contributed by atoms with Gasteiger partial charge in [-0.1, -0.05) is 25.8 Å². The van der Waals surface area contributed by atoms with Crippen molar-refractivity contribution in [2.24, 2.45) is 0 Å². The molecule has 0 spiro atoms. The number of pyridine rings is 1. The van der Waals surface area contributed by atoms with Gasteiger partial charge in [-0.25, -0.2) is 0 Å². The minimum absolute atomic E-state index is 0.163. The van der Waals surface area contributed by atoms with Gasteiger partial charge in [-0.05, 0) is 18.1 Å². The fourth-order valence-electron chi connectivity index (χ4n) is 1.55. The fraction of sp³-hybridized carbons (Fsp3) is 0.500. The second-order valence-electron chi connectivity index (χ2n) is 3.50. The van der Waals surface area contributed by atoms with Crippen LogP contribution in [0.5, 0.6) is 0 Å². The Morgan fingerprint density at radius 3 is 2.93 bits per heavy atom. The van der Waals surface area contributed by atoms with Crippen LogP contribution in [0.1, 0.15) is 37.7 Å². The first kappa shape index (κ1) is 11.7. The highest BCUT2D eigenvalue weighted by molar-refractivity contribution is 5.77. The van der Waals surface area contributed by atoms with Gasteiger partial charge in [0.15, 0.2) is 0 Å². The van der Waals surface area contributed by atoms with E-state index in [1.807, 2.05) is 12.1 Å². The van der Waals surface area contributed by atoms with Crippen molar-refractivity contribution < 1.29 is 9.53 Å². The summed E-state index contributed by atoms with van der Waals surface area (Å²) in [5.74, 6) is -0.333. The quantitative estimate of drug-likeness (QED) is 0.696. The van der Waals surface area contributed by atoms with Crippen LogP contribution in [-0.4, -0.2) is 18.1 Å². The number of carbonyl (C=O) groups excluding carboxylic acids is 1. The Balaban J connectivity index is 2.76. The van der Waals surface area contributed by atoms with Gasteiger partial charge in [0.1, 0.15) is 0 Å². The molecule has 15 heavy (non-hydrogen) atoms. The maximum atomic E-state index is 11.6. The molecule has 1 atom stereocenters. The molecule has 0 amide bonds. The number of methoxy groups -OCH3 is 1. The lowest BCUT2D eigenvalue weighted by Gasteiger charge is -2.13. The maximum absolute atomic E-state index is 11.6. The molecular weight excluding hydrogens is 190 g/mol. The Labute approximate surface area is 90.5 Å². The summed E-state index contributed by atoms with van der Waals surface area (Å²) in [6, 6.07) is 3.77. The minimum Gasteiger partial charge on any atom is -0.469 e. The predicted octanol–water partition coefficient (Wildman–Crippen LogP) is 2.53. The van der Waals surface area contributed by atoms with Crippen LogP contribution in [0, 0.1) is 0 Å². The predicted molar refractivity (Wildman–Crippen MR) is 58.5 cm³/mol. The summed E-state index contributed by atoms with van der Waals surface area (Å²) in [5.41, 5.74) is 0.942. The summed E-state index contributed by atoms with van der Waals surface area (Å²) >= 11 is 0. The number of nitrogens with zero attached hydrogens (tertiary/aromatic N) is 1. The van der Waals surface area contributed by atoms with Crippen molar-refractivity contribution in [3.63, 3.8) is 0 Å². The van der Waals surface area contributed by atoms with Crippen molar-refractivity contribution in [3.8, 4) is 0 Å². The SMILES string of the molecule is CCCCC(C(=O)OC)c1cccnc1. The summed E-state index contributed by atoms with van der Waals surface area (Å²) in [5, 5.41) is 0. The highest BCUT2D eigenvalue weighted by Crippen LogP contribution is 2.22. The van der Waals surface area contributed by atoms with E-state index in [1.54, 1.807) is 12.4 Å². The molecule has 0 saturated heterocycles. The zero-order valence-corrected chi connectivity index (χ0v) is 9.27. The third kappa shape index (κ3) is 3.35. The van der Waals surface area contributed by atoms with E-state index < -0.39 is 0 Å². The molecule has 0 aliphatic rings. The van der Waals surface area contributed by atoms with E-state index in [-0.39, 0.29) is 11.9 Å². The van der Waals surface area contributed by atoms with Gasteiger partial charge >= 0.3 is 5.97 Å². The molecule has 82 valence electrons. The van der Waals surface area contributed by atoms with E-state index >= 15 is 0 Å². The van der Waals surface area contributed by atoms with E-state index in [9.17, 15) is 4.79 Å². The van der Waals surface area contributed by atoms with E-state index in [1.165, 1.54) is 7.11 Å². The molecule has 0 N–H and O–H groups in total. The molecule has 1 aromatic heterocycles. The lowest BCUT2D eigenvalue weighted by molar-refractivity contribution is -0.142. The van der Waals surface area contributed by atoms with Crippen LogP contribution in [0.3, 0.4) is 0 Å². The van der Waals surface area contributed by atoms with E-state index in [2.05, 4.69) is 11.9 Å². The molecule has 3 heteroatoms. The number of rotatable bonds is 5. The molecule has 0 fully saturated rings. The molecule has 3 nitrogen and oxygen atoms in total. The second kappa shape index (κ2) is 6.17. The maximum Gasteiger partial charge on any atom is 0.313 e. The average Bonchev–Trinajstić information content (AvgIpc) is 2.30. The van der Waals surface area contributed by atoms with Crippen LogP contribution < -0.4 is 0 Å². The molecule has 1 heterocycles. The first-order chi connectivity index (χ1) is 7.29. The molecule has 1 aromatic rings. The zero-order chi connectivity index (χ0) is 11.1. The Kier molecular flexibility index (Phi) is 4.81. The standard InChI is InChI=1S/C12H17NO2/c1-3-4-7-11(12(14)15-2)10-6-5-8-13-9-10/h5-6,8-9,11H,3-4,7H2,1-2H3. The molecule has 1 rings (SSSR count). The third-order valence-corrected chi connectivity index (χ3v) is 2.42. The van der Waals surface area contributed by atoms with Gasteiger partial charge in [0.2, 0.25) is 0 Å². The Morgan fingerprint density at radius 1 is 1.60 bits per heavy atom. The first-order valence-corrected chi connectivity index (χ1v) is 5.27. The molecule has 0 aliphatic heterocycles. The third-order valence-electron chi connectivity index (χ3n) is 2.42. The van der Waals surface area contributed by atoms with Crippen molar-refractivity contribution in [1.82, 2.24) is 4.98 Å². The number of aromatic nitrogens is 1. The zero-order valence-electron chi connectivity index (χ0n) is 9.27. The Hall–Kier alpha value is -1.38. The average molecular weight is 207 g/mol. The van der Waals surface area contributed by atoms with E-state index in [4.69, 9.17) is 4.74 Å². The molecule has 0 aromatic carbocycles. The summed E-state index contributed by atoms with van der Waals surface area (Å²) in [7, 11) is 1.43. The van der Waals surface area contributed by atoms with Crippen molar-refractivity contribution in [2.75, 3.05) is 7.11 Å². The van der Waals surface area contributed by atoms with Gasteiger partial charge in [-0.3, -0.25) is 9.78 Å². The summed E-state index contributed by atoms with van der Waals surface area (Å²) in [6.07, 6.45) is 6.37. The molecule has 0 saturated carbocycles. The van der Waals surface area contributed by atoms with Crippen LogP contribution in [0.2, 0.25) is 0 Å². The summed E-state index contributed by atoms with van der Waals surface area (Å²) < 4.78 is 4.80. The first-order valence-electron chi connectivity index (χ1n) is 5.27. The molecule has 0 aliphatic carbocycles. The van der Waals surface area contributed by atoms with Gasteiger partial charge in [0, 0.05) is 12.4 Å². The highest BCUT2D eigenvalue weighted by atomic mass is 16.5. The van der Waals surface area contributed by atoms with Gasteiger partial charge < -0.3 is 4.74 Å². The van der Waals surface area contributed by atoms with E-state index in [0.717, 1.165) is 24.8 Å². The molecule has 0 radical (unpaired) electrons. The van der Waals surface area contributed by atoms with E-state index in [0.29, 0.717) is 0 Å². The van der Waals surface area contributed by atoms with Crippen LogP contribution >= 0.6 is 0 Å². The van der Waals surface area contributed by atoms with Gasteiger partial charge in [-0.2, -0.15) is 0 Å². The highest BCUT2D eigenvalue weighted by Gasteiger charge is 2.20. The second-order valence-corrected chi connectivity index (χ2v) is 3.50. The van der Waals surface area contributed by atoms with Gasteiger partial charge in [0.25, 0.3) is 0 Å². The Bertz CT molecular complexity index is 298. The van der Waals surface area contributed by atoms with Crippen molar-refractivity contribution in [1.29, 1.82) is 0 Å². The van der Waals surface area contributed by atoms with Crippen molar-refractivity contribution in [2.45, 2.75) is 32.1 Å². The number of esters is 1. The van der Waals surface area contributed by atoms with Crippen LogP contribution in [0.4, 0.5) is 0 Å². The largest absolute Gasteiger partial charge is 0.469 e. The summed E-state index contributed by atoms with van der Waals surface area (Å²) in [6.45, 7) is 2.11. The fourth-order valence-corrected chi connectivity index (χ4v) is 1.55. The number of carbonyl (C=O) groups is 1. The van der Waals surface area contributed by atoms with Crippen LogP contribution in [-0.2, 0) is 9.53 Å². The number of hydrogen-bond acceptors (Lipinski definition) is 3. The molecule has 1 unspecified atom stereocenters. The molecule has 0 bridgehead atoms. The van der Waals surface area contributed by atoms with Gasteiger partial charge in [-0.15, -0.1) is 0 Å². The van der Waals surface area contributed by atoms with Crippen LogP contribution in [0.25, 0.3) is 0 Å². The molecular formula is C12H17NO2. The minimum atomic E-state index is -0.170. The smallest absolute Gasteiger partial charge is 0.313 e. The summed E-state index contributed by atoms with van der Waals surface area (Å²) in [4.78, 5) is 15.6. The number of hydrogen-bond donors (Lipinski definition) is 0. The lowest BCUT2D eigenvalue weighted by atomic mass is 9.95. The van der Waals surface area contributed by atoms with Crippen molar-refractivity contribution in [3.05, 3.63) is 30.1 Å². The topological polar surface area (TPSA) is 39.2 Å². The van der Waals surface area contributed by atoms with Crippen LogP contribution in [0.15, 0.2) is 24.5 Å². The van der Waals surface area contributed by atoms with Gasteiger partial charge in [0.05, 0.1) is 13.0 Å². The lowest BCUT2D eigenvalue weighted by Crippen LogP contribution is -2.14.